The number of likely N-dealkylation sites (N-methyl/N-ethyl adjacent to an activating group) is 1. The van der Waals surface area contributed by atoms with E-state index in [1.165, 1.54) is 18.7 Å². The van der Waals surface area contributed by atoms with E-state index in [9.17, 15) is 4.39 Å². The molecule has 3 aliphatic rings. The third-order valence-corrected chi connectivity index (χ3v) is 8.11. The molecule has 0 saturated carbocycles. The van der Waals surface area contributed by atoms with Crippen LogP contribution < -0.4 is 29.7 Å². The van der Waals surface area contributed by atoms with Gasteiger partial charge in [0.25, 0.3) is 0 Å². The van der Waals surface area contributed by atoms with E-state index in [2.05, 4.69) is 37.7 Å². The van der Waals surface area contributed by atoms with Gasteiger partial charge in [0.1, 0.15) is 0 Å². The minimum absolute atomic E-state index is 0.144. The van der Waals surface area contributed by atoms with Crippen molar-refractivity contribution in [2.45, 2.75) is 32.4 Å². The Labute approximate surface area is 239 Å². The highest BCUT2D eigenvalue weighted by atomic mass is 19.1. The van der Waals surface area contributed by atoms with Crippen molar-refractivity contribution in [2.75, 3.05) is 75.2 Å². The normalized spacial score (nSPS) is 19.1. The molecule has 11 nitrogen and oxygen atoms in total. The van der Waals surface area contributed by atoms with Crippen molar-refractivity contribution in [3.63, 3.8) is 0 Å². The SMILES string of the molecule is CCN1CCCC1CN(c1ccc(OC)c(F)c1)c1nc(N)nc(N2CCN(Cc3ccc4c(c3)OCO4)CC2)n1. The van der Waals surface area contributed by atoms with Crippen molar-refractivity contribution in [2.24, 2.45) is 0 Å². The second kappa shape index (κ2) is 11.9. The summed E-state index contributed by atoms with van der Waals surface area (Å²) in [4.78, 5) is 22.8. The summed E-state index contributed by atoms with van der Waals surface area (Å²) in [6, 6.07) is 11.3. The summed E-state index contributed by atoms with van der Waals surface area (Å²) in [5.74, 6) is 2.45. The molecule has 0 amide bonds. The number of ether oxygens (including phenoxy) is 3. The highest BCUT2D eigenvalue weighted by Crippen LogP contribution is 2.33. The lowest BCUT2D eigenvalue weighted by atomic mass is 10.1. The Morgan fingerprint density at radius 1 is 1.02 bits per heavy atom. The molecule has 2 N–H and O–H groups in total. The van der Waals surface area contributed by atoms with E-state index in [1.54, 1.807) is 6.07 Å². The molecule has 4 heterocycles. The van der Waals surface area contributed by atoms with Gasteiger partial charge >= 0.3 is 0 Å². The van der Waals surface area contributed by atoms with Crippen LogP contribution in [0.1, 0.15) is 25.3 Å². The second-order valence-corrected chi connectivity index (χ2v) is 10.6. The van der Waals surface area contributed by atoms with Crippen molar-refractivity contribution in [3.05, 3.63) is 47.8 Å². The topological polar surface area (TPSA) is 105 Å². The number of hydrogen-bond acceptors (Lipinski definition) is 11. The first-order chi connectivity index (χ1) is 20.0. The average molecular weight is 565 g/mol. The molecule has 3 aliphatic heterocycles. The van der Waals surface area contributed by atoms with Crippen LogP contribution in [0.25, 0.3) is 0 Å². The monoisotopic (exact) mass is 564 g/mol. The number of halogens is 1. The summed E-state index contributed by atoms with van der Waals surface area (Å²) in [5, 5.41) is 0. The molecule has 6 rings (SSSR count). The minimum atomic E-state index is -0.436. The molecule has 0 bridgehead atoms. The highest BCUT2D eigenvalue weighted by Gasteiger charge is 2.29. The van der Waals surface area contributed by atoms with Gasteiger partial charge < -0.3 is 29.7 Å². The van der Waals surface area contributed by atoms with Gasteiger partial charge in [-0.25, -0.2) is 4.39 Å². The first-order valence-electron chi connectivity index (χ1n) is 14.2. The molecule has 1 aromatic heterocycles. The van der Waals surface area contributed by atoms with Gasteiger partial charge in [0, 0.05) is 57.1 Å². The minimum Gasteiger partial charge on any atom is -0.494 e. The highest BCUT2D eigenvalue weighted by molar-refractivity contribution is 5.61. The molecule has 218 valence electrons. The third-order valence-electron chi connectivity index (χ3n) is 8.11. The fourth-order valence-electron chi connectivity index (χ4n) is 5.89. The Balaban J connectivity index is 1.20. The number of methoxy groups -OCH3 is 1. The number of benzene rings is 2. The van der Waals surface area contributed by atoms with Crippen LogP contribution in [-0.4, -0.2) is 90.5 Å². The van der Waals surface area contributed by atoms with Crippen molar-refractivity contribution in [3.8, 4) is 17.2 Å². The smallest absolute Gasteiger partial charge is 0.236 e. The van der Waals surface area contributed by atoms with Crippen LogP contribution >= 0.6 is 0 Å². The van der Waals surface area contributed by atoms with E-state index in [0.29, 0.717) is 30.2 Å². The van der Waals surface area contributed by atoms with Gasteiger partial charge in [-0.1, -0.05) is 13.0 Å². The van der Waals surface area contributed by atoms with Crippen LogP contribution in [0.4, 0.5) is 27.9 Å². The summed E-state index contributed by atoms with van der Waals surface area (Å²) in [6.07, 6.45) is 2.19. The van der Waals surface area contributed by atoms with Gasteiger partial charge in [0.2, 0.25) is 24.6 Å². The zero-order chi connectivity index (χ0) is 28.3. The maximum absolute atomic E-state index is 14.8. The third kappa shape index (κ3) is 5.94. The van der Waals surface area contributed by atoms with Crippen LogP contribution in [0, 0.1) is 5.82 Å². The van der Waals surface area contributed by atoms with E-state index >= 15 is 0 Å². The average Bonchev–Trinajstić information content (AvgIpc) is 3.65. The zero-order valence-corrected chi connectivity index (χ0v) is 23.6. The molecule has 12 heteroatoms. The van der Waals surface area contributed by atoms with Crippen LogP contribution in [0.5, 0.6) is 17.2 Å². The molecule has 3 aromatic rings. The molecule has 1 unspecified atom stereocenters. The molecule has 41 heavy (non-hydrogen) atoms. The summed E-state index contributed by atoms with van der Waals surface area (Å²) in [6.45, 7) is 9.06. The number of nitrogens with zero attached hydrogens (tertiary/aromatic N) is 7. The lowest BCUT2D eigenvalue weighted by Gasteiger charge is -2.35. The quantitative estimate of drug-likeness (QED) is 0.414. The summed E-state index contributed by atoms with van der Waals surface area (Å²) in [5.41, 5.74) is 8.08. The maximum atomic E-state index is 14.8. The lowest BCUT2D eigenvalue weighted by Crippen LogP contribution is -2.46. The fourth-order valence-corrected chi connectivity index (χ4v) is 5.89. The fraction of sp³-hybridized carbons (Fsp3) is 0.483. The second-order valence-electron chi connectivity index (χ2n) is 10.6. The lowest BCUT2D eigenvalue weighted by molar-refractivity contribution is 0.174. The van der Waals surface area contributed by atoms with Crippen LogP contribution in [0.15, 0.2) is 36.4 Å². The summed E-state index contributed by atoms with van der Waals surface area (Å²) in [7, 11) is 1.46. The molecule has 2 saturated heterocycles. The van der Waals surface area contributed by atoms with E-state index in [0.717, 1.165) is 70.2 Å². The van der Waals surface area contributed by atoms with Crippen LogP contribution in [0.3, 0.4) is 0 Å². The van der Waals surface area contributed by atoms with Gasteiger partial charge in [0.05, 0.1) is 7.11 Å². The number of fused-ring (bicyclic) bond motifs is 1. The zero-order valence-electron chi connectivity index (χ0n) is 23.6. The van der Waals surface area contributed by atoms with E-state index < -0.39 is 5.82 Å². The van der Waals surface area contributed by atoms with Gasteiger partial charge in [-0.3, -0.25) is 9.80 Å². The van der Waals surface area contributed by atoms with Crippen molar-refractivity contribution >= 4 is 23.5 Å². The van der Waals surface area contributed by atoms with Gasteiger partial charge in [-0.05, 0) is 55.8 Å². The maximum Gasteiger partial charge on any atom is 0.236 e. The van der Waals surface area contributed by atoms with Gasteiger partial charge in [-0.2, -0.15) is 15.0 Å². The first kappa shape index (κ1) is 27.3. The van der Waals surface area contributed by atoms with Gasteiger partial charge in [-0.15, -0.1) is 0 Å². The number of aromatic nitrogens is 3. The molecule has 1 atom stereocenters. The Bertz CT molecular complexity index is 1370. The number of nitrogen functional groups attached to an aromatic ring is 1. The predicted molar refractivity (Wildman–Crippen MR) is 155 cm³/mol. The number of likely N-dealkylation sites (tertiary alicyclic amines) is 1. The number of rotatable bonds is 9. The predicted octanol–water partition coefficient (Wildman–Crippen LogP) is 3.27. The molecule has 2 fully saturated rings. The molecular weight excluding hydrogens is 527 g/mol. The van der Waals surface area contributed by atoms with E-state index in [-0.39, 0.29) is 18.5 Å². The van der Waals surface area contributed by atoms with Gasteiger partial charge in [0.15, 0.2) is 23.1 Å². The Hall–Kier alpha value is -3.90. The van der Waals surface area contributed by atoms with Crippen LogP contribution in [0.2, 0.25) is 0 Å². The summed E-state index contributed by atoms with van der Waals surface area (Å²) >= 11 is 0. The van der Waals surface area contributed by atoms with Crippen LogP contribution in [-0.2, 0) is 6.54 Å². The molecular formula is C29H37FN8O3. The first-order valence-corrected chi connectivity index (χ1v) is 14.2. The molecule has 0 aliphatic carbocycles. The molecule has 0 spiro atoms. The summed E-state index contributed by atoms with van der Waals surface area (Å²) < 4.78 is 30.9. The van der Waals surface area contributed by atoms with E-state index in [4.69, 9.17) is 24.9 Å². The number of piperazine rings is 1. The molecule has 0 radical (unpaired) electrons. The Morgan fingerprint density at radius 3 is 2.63 bits per heavy atom. The number of anilines is 4. The number of nitrogens with two attached hydrogens (primary N) is 1. The number of hydrogen-bond donors (Lipinski definition) is 1. The molecule has 2 aromatic carbocycles. The standard InChI is InChI=1S/C29H37FN8O3/c1-3-36-10-4-5-22(36)18-38(21-7-9-24(39-2)23(30)16-21)29-33-27(31)32-28(34-29)37-13-11-35(12-14-37)17-20-6-8-25-26(15-20)41-19-40-25/h6-9,15-16,22H,3-5,10-14,17-19H2,1-2H3,(H2,31,32,33,34). The van der Waals surface area contributed by atoms with Crippen molar-refractivity contribution in [1.82, 2.24) is 24.8 Å². The van der Waals surface area contributed by atoms with E-state index in [1.807, 2.05) is 23.1 Å². The largest absolute Gasteiger partial charge is 0.494 e. The van der Waals surface area contributed by atoms with Crippen molar-refractivity contribution in [1.29, 1.82) is 0 Å². The Morgan fingerprint density at radius 2 is 1.85 bits per heavy atom. The Kier molecular flexibility index (Phi) is 7.93. The van der Waals surface area contributed by atoms with Crippen molar-refractivity contribution < 1.29 is 18.6 Å².